The van der Waals surface area contributed by atoms with Gasteiger partial charge in [0.05, 0.1) is 17.8 Å². The van der Waals surface area contributed by atoms with Gasteiger partial charge in [-0.25, -0.2) is 4.98 Å². The molecule has 0 radical (unpaired) electrons. The Kier molecular flexibility index (Phi) is 9.92. The van der Waals surface area contributed by atoms with Crippen LogP contribution < -0.4 is 10.7 Å². The van der Waals surface area contributed by atoms with Gasteiger partial charge in [0.25, 0.3) is 5.91 Å². The van der Waals surface area contributed by atoms with E-state index >= 15 is 0 Å². The molecule has 0 bridgehead atoms. The summed E-state index contributed by atoms with van der Waals surface area (Å²) in [6.45, 7) is 15.6. The van der Waals surface area contributed by atoms with Gasteiger partial charge < -0.3 is 25.4 Å². The van der Waals surface area contributed by atoms with Gasteiger partial charge in [0.2, 0.25) is 17.0 Å². The molecule has 2 unspecified atom stereocenters. The summed E-state index contributed by atoms with van der Waals surface area (Å²) >= 11 is 1.16. The van der Waals surface area contributed by atoms with Crippen molar-refractivity contribution in [1.82, 2.24) is 24.3 Å². The summed E-state index contributed by atoms with van der Waals surface area (Å²) in [5.41, 5.74) is 0.642. The predicted octanol–water partition coefficient (Wildman–Crippen LogP) is 4.10. The molecule has 2 aromatic heterocycles. The van der Waals surface area contributed by atoms with Crippen molar-refractivity contribution in [3.8, 4) is 5.75 Å². The molecule has 1 aliphatic heterocycles. The van der Waals surface area contributed by atoms with Crippen LogP contribution in [-0.4, -0.2) is 59.5 Å². The smallest absolute Gasteiger partial charge is 0.277 e. The number of amides is 1. The monoisotopic (exact) mass is 582 g/mol. The number of rotatable bonds is 9. The van der Waals surface area contributed by atoms with Crippen molar-refractivity contribution in [2.45, 2.75) is 65.6 Å². The van der Waals surface area contributed by atoms with Gasteiger partial charge in [0, 0.05) is 25.2 Å². The Morgan fingerprint density at radius 1 is 1.27 bits per heavy atom. The Labute approximate surface area is 243 Å². The molecule has 2 atom stereocenters. The number of carbonyl (C=O) groups is 1. The molecular weight excluding hydrogens is 544 g/mol. The summed E-state index contributed by atoms with van der Waals surface area (Å²) in [4.78, 5) is 37.9. The van der Waals surface area contributed by atoms with Crippen molar-refractivity contribution in [2.24, 2.45) is 11.1 Å². The zero-order chi connectivity index (χ0) is 30.5. The third kappa shape index (κ3) is 6.76. The highest BCUT2D eigenvalue weighted by Gasteiger charge is 2.48. The van der Waals surface area contributed by atoms with Crippen LogP contribution >= 0.6 is 11.5 Å². The molecule has 0 saturated carbocycles. The maximum absolute atomic E-state index is 13.5. The van der Waals surface area contributed by atoms with E-state index in [0.29, 0.717) is 16.2 Å². The van der Waals surface area contributed by atoms with E-state index in [1.165, 1.54) is 0 Å². The van der Waals surface area contributed by atoms with Crippen LogP contribution in [0.15, 0.2) is 64.8 Å². The molecule has 1 saturated heterocycles. The lowest BCUT2D eigenvalue weighted by Gasteiger charge is -2.56. The van der Waals surface area contributed by atoms with Crippen LogP contribution in [0.4, 0.5) is 0 Å². The van der Waals surface area contributed by atoms with Gasteiger partial charge in [0.1, 0.15) is 10.7 Å². The van der Waals surface area contributed by atoms with Crippen LogP contribution in [0.3, 0.4) is 0 Å². The second-order valence-electron chi connectivity index (χ2n) is 10.3. The number of likely N-dealkylation sites (tertiary alicyclic amines) is 1. The molecule has 3 aromatic rings. The number of carbonyl (C=O) groups excluding carboxylic acids is 1. The number of likely N-dealkylation sites (N-methyl/N-ethyl adjacent to an activating group) is 1. The molecule has 1 aromatic carbocycles. The van der Waals surface area contributed by atoms with Crippen LogP contribution in [0.2, 0.25) is 0 Å². The molecule has 1 amide bonds. The minimum absolute atomic E-state index is 0.0578. The average molecular weight is 583 g/mol. The lowest BCUT2D eigenvalue weighted by molar-refractivity contribution is -0.117. The number of hydrogen-bond donors (Lipinski definition) is 3. The highest BCUT2D eigenvalue weighted by Crippen LogP contribution is 2.36. The first-order valence-corrected chi connectivity index (χ1v) is 14.2. The molecule has 4 rings (SSSR count). The quantitative estimate of drug-likeness (QED) is 0.195. The summed E-state index contributed by atoms with van der Waals surface area (Å²) in [6.07, 6.45) is 0.478. The first-order valence-electron chi connectivity index (χ1n) is 13.4. The molecular formula is C29H38N6O5S. The van der Waals surface area contributed by atoms with Crippen LogP contribution in [-0.2, 0) is 16.1 Å². The molecule has 1 fully saturated rings. The fourth-order valence-corrected chi connectivity index (χ4v) is 4.98. The van der Waals surface area contributed by atoms with Gasteiger partial charge in [-0.3, -0.25) is 9.59 Å². The predicted molar refractivity (Wildman–Crippen MR) is 158 cm³/mol. The SMILES string of the molecule is C=C1C(NC(=O)/C(=N\OC(c2cc(=O)c(O)cn2O)C(C)C)c2nsc(Cc3ccccc3)n2)C(C)(C)N1C.CC. The minimum Gasteiger partial charge on any atom is -0.503 e. The van der Waals surface area contributed by atoms with Crippen LogP contribution in [0.5, 0.6) is 5.75 Å². The number of aromatic nitrogens is 3. The van der Waals surface area contributed by atoms with Gasteiger partial charge in [-0.1, -0.05) is 69.8 Å². The largest absolute Gasteiger partial charge is 0.503 e. The van der Waals surface area contributed by atoms with E-state index in [2.05, 4.69) is 26.4 Å². The average Bonchev–Trinajstić information content (AvgIpc) is 3.40. The van der Waals surface area contributed by atoms with E-state index in [1.807, 2.05) is 70.0 Å². The second-order valence-corrected chi connectivity index (χ2v) is 11.1. The maximum atomic E-state index is 13.5. The first-order chi connectivity index (χ1) is 19.4. The number of hydrogen-bond acceptors (Lipinski definition) is 10. The van der Waals surface area contributed by atoms with Crippen molar-refractivity contribution < 1.29 is 19.9 Å². The van der Waals surface area contributed by atoms with Gasteiger partial charge in [-0.2, -0.15) is 9.10 Å². The lowest BCUT2D eigenvalue weighted by Crippen LogP contribution is -2.69. The minimum atomic E-state index is -0.935. The molecule has 11 nitrogen and oxygen atoms in total. The fraction of sp³-hybridized carbons (Fsp3) is 0.414. The van der Waals surface area contributed by atoms with Crippen molar-refractivity contribution >= 4 is 23.2 Å². The standard InChI is InChI=1S/C27H32N6O5S.C2H6/c1-15(2)23(18-13-19(34)20(35)14-33(18)37)38-30-22(26(36)29-24-16(3)32(6)27(24,4)5)25-28-21(39-31-25)12-17-10-8-7-9-11-17;1-2/h7-11,13-15,23-24,35,37H,3,12H2,1-2,4-6H3,(H,29,36);1-2H3/b30-22-;. The normalized spacial score (nSPS) is 16.9. The number of nitrogens with zero attached hydrogens (tertiary/aromatic N) is 5. The topological polar surface area (TPSA) is 142 Å². The van der Waals surface area contributed by atoms with Gasteiger partial charge in [-0.05, 0) is 36.9 Å². The number of pyridine rings is 1. The first kappa shape index (κ1) is 31.3. The molecule has 0 spiro atoms. The van der Waals surface area contributed by atoms with Crippen molar-refractivity contribution in [1.29, 1.82) is 0 Å². The Hall–Kier alpha value is -4.19. The van der Waals surface area contributed by atoms with Crippen LogP contribution in [0, 0.1) is 5.92 Å². The lowest BCUT2D eigenvalue weighted by atomic mass is 9.80. The van der Waals surface area contributed by atoms with Gasteiger partial charge in [0.15, 0.2) is 11.9 Å². The van der Waals surface area contributed by atoms with E-state index in [1.54, 1.807) is 13.8 Å². The molecule has 3 heterocycles. The number of nitrogens with one attached hydrogen (secondary N) is 1. The third-order valence-corrected chi connectivity index (χ3v) is 7.61. The van der Waals surface area contributed by atoms with Crippen LogP contribution in [0.25, 0.3) is 0 Å². The highest BCUT2D eigenvalue weighted by atomic mass is 32.1. The Morgan fingerprint density at radius 3 is 2.54 bits per heavy atom. The summed E-state index contributed by atoms with van der Waals surface area (Å²) in [5, 5.41) is 27.8. The molecule has 220 valence electrons. The van der Waals surface area contributed by atoms with Gasteiger partial charge in [-0.15, -0.1) is 0 Å². The number of benzene rings is 1. The van der Waals surface area contributed by atoms with Crippen LogP contribution in [0.1, 0.15) is 69.7 Å². The van der Waals surface area contributed by atoms with E-state index in [9.17, 15) is 19.9 Å². The number of oxime groups is 1. The highest BCUT2D eigenvalue weighted by molar-refractivity contribution is 7.05. The van der Waals surface area contributed by atoms with E-state index in [4.69, 9.17) is 4.84 Å². The molecule has 3 N–H and O–H groups in total. The van der Waals surface area contributed by atoms with Gasteiger partial charge >= 0.3 is 0 Å². The summed E-state index contributed by atoms with van der Waals surface area (Å²) < 4.78 is 4.99. The van der Waals surface area contributed by atoms with E-state index in [0.717, 1.165) is 35.1 Å². The summed E-state index contributed by atoms with van der Waals surface area (Å²) in [5.74, 6) is -1.36. The third-order valence-electron chi connectivity index (χ3n) is 6.90. The fourth-order valence-electron chi connectivity index (χ4n) is 4.30. The van der Waals surface area contributed by atoms with Crippen molar-refractivity contribution in [2.75, 3.05) is 7.05 Å². The summed E-state index contributed by atoms with van der Waals surface area (Å²) in [6, 6.07) is 10.5. The Morgan fingerprint density at radius 2 is 1.93 bits per heavy atom. The zero-order valence-electron chi connectivity index (χ0n) is 24.5. The molecule has 12 heteroatoms. The summed E-state index contributed by atoms with van der Waals surface area (Å²) in [7, 11) is 1.90. The van der Waals surface area contributed by atoms with E-state index in [-0.39, 0.29) is 34.7 Å². The molecule has 1 aliphatic rings. The van der Waals surface area contributed by atoms with Crippen molar-refractivity contribution in [3.05, 3.63) is 87.2 Å². The van der Waals surface area contributed by atoms with E-state index < -0.39 is 23.2 Å². The maximum Gasteiger partial charge on any atom is 0.277 e. The van der Waals surface area contributed by atoms with Crippen molar-refractivity contribution in [3.63, 3.8) is 0 Å². The zero-order valence-corrected chi connectivity index (χ0v) is 25.3. The molecule has 41 heavy (non-hydrogen) atoms. The Bertz CT molecular complexity index is 1460. The Balaban J connectivity index is 0.00000226. The number of aromatic hydroxyl groups is 1. The molecule has 0 aliphatic carbocycles. The second kappa shape index (κ2) is 13.0.